The van der Waals surface area contributed by atoms with Crippen molar-refractivity contribution in [3.63, 3.8) is 0 Å². The van der Waals surface area contributed by atoms with Crippen molar-refractivity contribution in [2.24, 2.45) is 0 Å². The summed E-state index contributed by atoms with van der Waals surface area (Å²) in [6.45, 7) is 1.70. The van der Waals surface area contributed by atoms with Gasteiger partial charge in [0.05, 0.1) is 0 Å². The van der Waals surface area contributed by atoms with E-state index in [2.05, 4.69) is 15.9 Å². The van der Waals surface area contributed by atoms with Gasteiger partial charge >= 0.3 is 5.97 Å². The number of hydrogen-bond acceptors (Lipinski definition) is 2. The molecule has 0 unspecified atom stereocenters. The Labute approximate surface area is 119 Å². The highest BCUT2D eigenvalue weighted by molar-refractivity contribution is 9.10. The van der Waals surface area contributed by atoms with Gasteiger partial charge in [-0.3, -0.25) is 0 Å². The molecule has 0 spiro atoms. The van der Waals surface area contributed by atoms with Crippen LogP contribution >= 0.6 is 15.9 Å². The largest absolute Gasteiger partial charge is 0.507 e. The van der Waals surface area contributed by atoms with E-state index in [0.29, 0.717) is 16.5 Å². The summed E-state index contributed by atoms with van der Waals surface area (Å²) in [7, 11) is 0. The molecule has 2 rings (SSSR count). The molecule has 0 aromatic heterocycles. The highest BCUT2D eigenvalue weighted by Gasteiger charge is 2.19. The van der Waals surface area contributed by atoms with Crippen molar-refractivity contribution in [3.8, 4) is 5.75 Å². The lowest BCUT2D eigenvalue weighted by Crippen LogP contribution is -2.03. The van der Waals surface area contributed by atoms with Crippen LogP contribution < -0.4 is 0 Å². The smallest absolute Gasteiger partial charge is 0.340 e. The maximum absolute atomic E-state index is 11.2. The van der Waals surface area contributed by atoms with E-state index in [1.165, 1.54) is 0 Å². The van der Waals surface area contributed by atoms with Crippen LogP contribution in [-0.2, 0) is 6.42 Å². The lowest BCUT2D eigenvalue weighted by molar-refractivity contribution is 0.0692. The number of halogens is 1. The molecule has 4 heteroatoms. The highest BCUT2D eigenvalue weighted by Crippen LogP contribution is 2.33. The Morgan fingerprint density at radius 2 is 1.89 bits per heavy atom. The number of benzene rings is 2. The number of carboxylic acids is 1. The molecule has 0 saturated carbocycles. The Balaban J connectivity index is 2.50. The standard InChI is InChI=1S/C15H13BrO3/c1-9-7-11(8-10-5-3-2-4-6-10)13(16)12(14(9)17)15(18)19/h2-7,17H,8H2,1H3,(H,18,19). The number of aromatic hydroxyl groups is 1. The van der Waals surface area contributed by atoms with Crippen molar-refractivity contribution in [2.75, 3.05) is 0 Å². The van der Waals surface area contributed by atoms with Gasteiger partial charge in [0.25, 0.3) is 0 Å². The average Bonchev–Trinajstić information content (AvgIpc) is 2.37. The number of carboxylic acid groups (broad SMARTS) is 1. The van der Waals surface area contributed by atoms with Gasteiger partial charge in [0, 0.05) is 4.47 Å². The molecule has 98 valence electrons. The van der Waals surface area contributed by atoms with Gasteiger partial charge in [-0.1, -0.05) is 36.4 Å². The van der Waals surface area contributed by atoms with Crippen LogP contribution in [0.5, 0.6) is 5.75 Å². The maximum atomic E-state index is 11.2. The minimum absolute atomic E-state index is 0.0778. The SMILES string of the molecule is Cc1cc(Cc2ccccc2)c(Br)c(C(=O)O)c1O. The number of aryl methyl sites for hydroxylation is 1. The molecular weight excluding hydrogens is 308 g/mol. The molecule has 0 fully saturated rings. The van der Waals surface area contributed by atoms with E-state index in [9.17, 15) is 15.0 Å². The van der Waals surface area contributed by atoms with Gasteiger partial charge in [-0.25, -0.2) is 4.79 Å². The molecule has 3 nitrogen and oxygen atoms in total. The summed E-state index contributed by atoms with van der Waals surface area (Å²) in [6.07, 6.45) is 0.614. The third-order valence-electron chi connectivity index (χ3n) is 2.95. The summed E-state index contributed by atoms with van der Waals surface area (Å²) in [6, 6.07) is 11.6. The Morgan fingerprint density at radius 1 is 1.26 bits per heavy atom. The fraction of sp³-hybridized carbons (Fsp3) is 0.133. The first-order chi connectivity index (χ1) is 9.00. The van der Waals surface area contributed by atoms with Crippen molar-refractivity contribution < 1.29 is 15.0 Å². The monoisotopic (exact) mass is 320 g/mol. The van der Waals surface area contributed by atoms with E-state index in [1.807, 2.05) is 30.3 Å². The van der Waals surface area contributed by atoms with Crippen LogP contribution in [0.15, 0.2) is 40.9 Å². The fourth-order valence-corrected chi connectivity index (χ4v) is 2.61. The van der Waals surface area contributed by atoms with Crippen LogP contribution in [0.1, 0.15) is 27.0 Å². The van der Waals surface area contributed by atoms with Crippen molar-refractivity contribution in [2.45, 2.75) is 13.3 Å². The van der Waals surface area contributed by atoms with E-state index in [0.717, 1.165) is 11.1 Å². The Bertz CT molecular complexity index is 621. The zero-order valence-corrected chi connectivity index (χ0v) is 11.9. The summed E-state index contributed by atoms with van der Waals surface area (Å²) in [5, 5.41) is 19.0. The molecule has 2 aromatic carbocycles. The Morgan fingerprint density at radius 3 is 2.47 bits per heavy atom. The van der Waals surface area contributed by atoms with E-state index < -0.39 is 5.97 Å². The fourth-order valence-electron chi connectivity index (χ4n) is 1.99. The van der Waals surface area contributed by atoms with E-state index >= 15 is 0 Å². The lowest BCUT2D eigenvalue weighted by Gasteiger charge is -2.12. The summed E-state index contributed by atoms with van der Waals surface area (Å²) < 4.78 is 0.437. The molecule has 0 saturated heterocycles. The van der Waals surface area contributed by atoms with Gasteiger partial charge in [0.15, 0.2) is 0 Å². The molecule has 19 heavy (non-hydrogen) atoms. The van der Waals surface area contributed by atoms with Crippen molar-refractivity contribution in [3.05, 3.63) is 63.1 Å². The topological polar surface area (TPSA) is 57.5 Å². The molecule has 0 aliphatic heterocycles. The number of carbonyl (C=O) groups is 1. The van der Waals surface area contributed by atoms with Crippen LogP contribution in [-0.4, -0.2) is 16.2 Å². The average molecular weight is 321 g/mol. The molecule has 2 aromatic rings. The Hall–Kier alpha value is -1.81. The van der Waals surface area contributed by atoms with E-state index in [-0.39, 0.29) is 11.3 Å². The van der Waals surface area contributed by atoms with Crippen LogP contribution in [0.3, 0.4) is 0 Å². The quantitative estimate of drug-likeness (QED) is 0.905. The molecule has 0 bridgehead atoms. The lowest BCUT2D eigenvalue weighted by atomic mass is 9.99. The van der Waals surface area contributed by atoms with Crippen LogP contribution in [0, 0.1) is 6.92 Å². The number of rotatable bonds is 3. The van der Waals surface area contributed by atoms with Crippen LogP contribution in [0.25, 0.3) is 0 Å². The second-order valence-electron chi connectivity index (χ2n) is 4.36. The van der Waals surface area contributed by atoms with E-state index in [4.69, 9.17) is 0 Å². The summed E-state index contributed by atoms with van der Waals surface area (Å²) in [5.41, 5.74) is 2.42. The third kappa shape index (κ3) is 2.79. The molecule has 0 heterocycles. The molecule has 2 N–H and O–H groups in total. The van der Waals surface area contributed by atoms with Gasteiger partial charge < -0.3 is 10.2 Å². The summed E-state index contributed by atoms with van der Waals surface area (Å²) in [4.78, 5) is 11.2. The molecule has 0 aliphatic carbocycles. The van der Waals surface area contributed by atoms with Crippen LogP contribution in [0.4, 0.5) is 0 Å². The number of phenols is 1. The van der Waals surface area contributed by atoms with Crippen molar-refractivity contribution in [1.29, 1.82) is 0 Å². The zero-order chi connectivity index (χ0) is 14.0. The minimum atomic E-state index is -1.14. The Kier molecular flexibility index (Phi) is 3.90. The first-order valence-electron chi connectivity index (χ1n) is 5.79. The molecule has 0 radical (unpaired) electrons. The normalized spacial score (nSPS) is 10.4. The predicted molar refractivity (Wildman–Crippen MR) is 76.8 cm³/mol. The highest BCUT2D eigenvalue weighted by atomic mass is 79.9. The molecular formula is C15H13BrO3. The van der Waals surface area contributed by atoms with Gasteiger partial charge in [0.2, 0.25) is 0 Å². The van der Waals surface area contributed by atoms with Gasteiger partial charge in [-0.15, -0.1) is 0 Å². The van der Waals surface area contributed by atoms with Crippen molar-refractivity contribution >= 4 is 21.9 Å². The summed E-state index contributed by atoms with van der Waals surface area (Å²) >= 11 is 3.28. The maximum Gasteiger partial charge on any atom is 0.340 e. The molecule has 0 atom stereocenters. The predicted octanol–water partition coefficient (Wildman–Crippen LogP) is 3.75. The minimum Gasteiger partial charge on any atom is -0.507 e. The molecule has 0 aliphatic rings. The first-order valence-corrected chi connectivity index (χ1v) is 6.58. The van der Waals surface area contributed by atoms with Gasteiger partial charge in [-0.2, -0.15) is 0 Å². The number of hydrogen-bond donors (Lipinski definition) is 2. The first kappa shape index (κ1) is 13.6. The molecule has 0 amide bonds. The second-order valence-corrected chi connectivity index (χ2v) is 5.15. The van der Waals surface area contributed by atoms with Gasteiger partial charge in [-0.05, 0) is 46.0 Å². The van der Waals surface area contributed by atoms with E-state index in [1.54, 1.807) is 13.0 Å². The third-order valence-corrected chi connectivity index (χ3v) is 3.86. The van der Waals surface area contributed by atoms with Crippen LogP contribution in [0.2, 0.25) is 0 Å². The van der Waals surface area contributed by atoms with Gasteiger partial charge in [0.1, 0.15) is 11.3 Å². The summed E-state index contributed by atoms with van der Waals surface area (Å²) in [5.74, 6) is -1.32. The van der Waals surface area contributed by atoms with Crippen molar-refractivity contribution in [1.82, 2.24) is 0 Å². The zero-order valence-electron chi connectivity index (χ0n) is 10.4. The second kappa shape index (κ2) is 5.45. The number of aromatic carboxylic acids is 1.